The summed E-state index contributed by atoms with van der Waals surface area (Å²) in [5.41, 5.74) is 2.89. The quantitative estimate of drug-likeness (QED) is 0.718. The van der Waals surface area contributed by atoms with Crippen molar-refractivity contribution >= 4 is 22.9 Å². The van der Waals surface area contributed by atoms with Gasteiger partial charge in [-0.05, 0) is 40.6 Å². The molecule has 9 heteroatoms. The van der Waals surface area contributed by atoms with Gasteiger partial charge in [-0.2, -0.15) is 4.68 Å². The molecule has 0 atom stereocenters. The predicted molar refractivity (Wildman–Crippen MR) is 104 cm³/mol. The Morgan fingerprint density at radius 3 is 2.78 bits per heavy atom. The molecule has 0 saturated carbocycles. The Kier molecular flexibility index (Phi) is 5.12. The maximum absolute atomic E-state index is 12.7. The van der Waals surface area contributed by atoms with Gasteiger partial charge < -0.3 is 15.1 Å². The molecule has 1 aliphatic rings. The number of carbonyl (C=O) groups is 1. The molecule has 3 heterocycles. The van der Waals surface area contributed by atoms with Gasteiger partial charge in [0, 0.05) is 38.4 Å². The van der Waals surface area contributed by atoms with Crippen molar-refractivity contribution in [2.45, 2.75) is 6.54 Å². The van der Waals surface area contributed by atoms with Crippen LogP contribution < -0.4 is 10.2 Å². The molecule has 1 saturated heterocycles. The fraction of sp³-hybridized carbons (Fsp3) is 0.333. The van der Waals surface area contributed by atoms with E-state index in [1.807, 2.05) is 17.5 Å². The number of thiophene rings is 1. The minimum Gasteiger partial charge on any atom is -0.369 e. The second-order valence-corrected chi connectivity index (χ2v) is 7.39. The molecule has 1 aliphatic heterocycles. The average Bonchev–Trinajstić information content (AvgIpc) is 3.38. The highest BCUT2D eigenvalue weighted by Crippen LogP contribution is 2.23. The van der Waals surface area contributed by atoms with E-state index in [-0.39, 0.29) is 5.91 Å². The lowest BCUT2D eigenvalue weighted by Gasteiger charge is -2.35. The molecule has 0 unspecified atom stereocenters. The minimum absolute atomic E-state index is 0.130. The summed E-state index contributed by atoms with van der Waals surface area (Å²) in [5, 5.41) is 16.8. The molecule has 3 aromatic rings. The van der Waals surface area contributed by atoms with Gasteiger partial charge >= 0.3 is 0 Å². The summed E-state index contributed by atoms with van der Waals surface area (Å²) in [6.45, 7) is 4.56. The number of carbonyl (C=O) groups excluding carboxylic acids is 1. The van der Waals surface area contributed by atoms with Crippen LogP contribution in [0.1, 0.15) is 15.9 Å². The number of para-hydroxylation sites is 1. The Hall–Kier alpha value is -2.78. The first-order chi connectivity index (χ1) is 13.2. The van der Waals surface area contributed by atoms with Gasteiger partial charge in [0.05, 0.1) is 5.56 Å². The van der Waals surface area contributed by atoms with E-state index in [0.717, 1.165) is 31.7 Å². The van der Waals surface area contributed by atoms with Crippen molar-refractivity contribution in [1.29, 1.82) is 0 Å². The Morgan fingerprint density at radius 2 is 2.00 bits per heavy atom. The van der Waals surface area contributed by atoms with Crippen molar-refractivity contribution in [3.63, 3.8) is 0 Å². The van der Waals surface area contributed by atoms with E-state index in [1.54, 1.807) is 6.07 Å². The molecular weight excluding hydrogens is 362 g/mol. The van der Waals surface area contributed by atoms with Gasteiger partial charge in [0.25, 0.3) is 5.91 Å². The topological polar surface area (TPSA) is 79.2 Å². The summed E-state index contributed by atoms with van der Waals surface area (Å²) in [5.74, 6) is -0.130. The van der Waals surface area contributed by atoms with Crippen LogP contribution in [0.15, 0.2) is 42.0 Å². The first kappa shape index (κ1) is 17.6. The highest BCUT2D eigenvalue weighted by atomic mass is 32.1. The van der Waals surface area contributed by atoms with E-state index in [1.165, 1.54) is 28.0 Å². The zero-order valence-electron chi connectivity index (χ0n) is 15.1. The minimum atomic E-state index is -0.130. The lowest BCUT2D eigenvalue weighted by molar-refractivity contribution is 0.0951. The molecule has 2 aromatic heterocycles. The van der Waals surface area contributed by atoms with Gasteiger partial charge in [-0.15, -0.1) is 16.4 Å². The number of hydrogen-bond acceptors (Lipinski definition) is 7. The van der Waals surface area contributed by atoms with Crippen LogP contribution in [-0.4, -0.2) is 64.2 Å². The number of piperazine rings is 1. The number of amides is 1. The molecule has 4 rings (SSSR count). The SMILES string of the molecule is CN1CCN(c2ccccc2CNC(=O)c2ccsc2-n2cnnn2)CC1. The maximum atomic E-state index is 12.7. The number of nitrogens with one attached hydrogen (secondary N) is 1. The van der Waals surface area contributed by atoms with E-state index < -0.39 is 0 Å². The lowest BCUT2D eigenvalue weighted by Crippen LogP contribution is -2.45. The molecule has 1 aromatic carbocycles. The van der Waals surface area contributed by atoms with Gasteiger partial charge in [0.1, 0.15) is 11.3 Å². The monoisotopic (exact) mass is 383 g/mol. The van der Waals surface area contributed by atoms with Crippen molar-refractivity contribution in [1.82, 2.24) is 30.4 Å². The van der Waals surface area contributed by atoms with E-state index in [0.29, 0.717) is 17.1 Å². The normalized spacial score (nSPS) is 15.1. The zero-order chi connectivity index (χ0) is 18.6. The van der Waals surface area contributed by atoms with E-state index in [2.05, 4.69) is 49.8 Å². The molecule has 27 heavy (non-hydrogen) atoms. The van der Waals surface area contributed by atoms with Crippen molar-refractivity contribution in [2.75, 3.05) is 38.1 Å². The standard InChI is InChI=1S/C18H21N7OS/c1-23-7-9-24(10-8-23)16-5-3-2-4-14(16)12-19-17(26)15-6-11-27-18(15)25-13-20-21-22-25/h2-6,11,13H,7-10,12H2,1H3,(H,19,26). The van der Waals surface area contributed by atoms with Crippen LogP contribution in [0.5, 0.6) is 0 Å². The van der Waals surface area contributed by atoms with Crippen molar-refractivity contribution in [3.8, 4) is 5.00 Å². The smallest absolute Gasteiger partial charge is 0.254 e. The third kappa shape index (κ3) is 3.83. The van der Waals surface area contributed by atoms with Gasteiger partial charge in [0.15, 0.2) is 0 Å². The van der Waals surface area contributed by atoms with Crippen molar-refractivity contribution in [3.05, 3.63) is 53.2 Å². The molecule has 0 bridgehead atoms. The molecular formula is C18H21N7OS. The van der Waals surface area contributed by atoms with Gasteiger partial charge in [-0.3, -0.25) is 4.79 Å². The third-order valence-corrected chi connectivity index (χ3v) is 5.62. The Labute approximate surface area is 161 Å². The summed E-state index contributed by atoms with van der Waals surface area (Å²) in [6, 6.07) is 10.1. The number of likely N-dealkylation sites (N-methyl/N-ethyl adjacent to an activating group) is 1. The Balaban J connectivity index is 1.47. The van der Waals surface area contributed by atoms with E-state index >= 15 is 0 Å². The summed E-state index contributed by atoms with van der Waals surface area (Å²) in [6.07, 6.45) is 1.49. The summed E-state index contributed by atoms with van der Waals surface area (Å²) < 4.78 is 1.51. The maximum Gasteiger partial charge on any atom is 0.254 e. The molecule has 0 radical (unpaired) electrons. The number of hydrogen-bond donors (Lipinski definition) is 1. The molecule has 1 N–H and O–H groups in total. The van der Waals surface area contributed by atoms with Crippen LogP contribution in [0, 0.1) is 0 Å². The molecule has 1 fully saturated rings. The van der Waals surface area contributed by atoms with Crippen molar-refractivity contribution in [2.24, 2.45) is 0 Å². The van der Waals surface area contributed by atoms with Crippen LogP contribution in [0.4, 0.5) is 5.69 Å². The Bertz CT molecular complexity index is 900. The highest BCUT2D eigenvalue weighted by molar-refractivity contribution is 7.13. The molecule has 1 amide bonds. The van der Waals surface area contributed by atoms with E-state index in [4.69, 9.17) is 0 Å². The number of tetrazole rings is 1. The van der Waals surface area contributed by atoms with E-state index in [9.17, 15) is 4.79 Å². The first-order valence-corrected chi connectivity index (χ1v) is 9.71. The van der Waals surface area contributed by atoms with Crippen LogP contribution in [0.25, 0.3) is 5.00 Å². The fourth-order valence-corrected chi connectivity index (χ4v) is 4.01. The molecule has 8 nitrogen and oxygen atoms in total. The van der Waals surface area contributed by atoms with Crippen LogP contribution in [0.3, 0.4) is 0 Å². The zero-order valence-corrected chi connectivity index (χ0v) is 15.9. The Morgan fingerprint density at radius 1 is 1.19 bits per heavy atom. The average molecular weight is 383 g/mol. The summed E-state index contributed by atoms with van der Waals surface area (Å²) in [7, 11) is 2.15. The first-order valence-electron chi connectivity index (χ1n) is 8.83. The summed E-state index contributed by atoms with van der Waals surface area (Å²) in [4.78, 5) is 17.4. The number of rotatable bonds is 5. The van der Waals surface area contributed by atoms with Crippen LogP contribution in [0.2, 0.25) is 0 Å². The second kappa shape index (κ2) is 7.85. The highest BCUT2D eigenvalue weighted by Gasteiger charge is 2.18. The number of aromatic nitrogens is 4. The fourth-order valence-electron chi connectivity index (χ4n) is 3.19. The summed E-state index contributed by atoms with van der Waals surface area (Å²) >= 11 is 1.43. The van der Waals surface area contributed by atoms with Crippen LogP contribution >= 0.6 is 11.3 Å². The number of benzene rings is 1. The molecule has 0 aliphatic carbocycles. The molecule has 0 spiro atoms. The predicted octanol–water partition coefficient (Wildman–Crippen LogP) is 1.41. The van der Waals surface area contributed by atoms with Crippen molar-refractivity contribution < 1.29 is 4.79 Å². The van der Waals surface area contributed by atoms with Crippen LogP contribution in [-0.2, 0) is 6.54 Å². The number of anilines is 1. The van der Waals surface area contributed by atoms with Gasteiger partial charge in [-0.1, -0.05) is 18.2 Å². The van der Waals surface area contributed by atoms with Gasteiger partial charge in [0.2, 0.25) is 0 Å². The third-order valence-electron chi connectivity index (χ3n) is 4.72. The molecule has 140 valence electrons. The number of nitrogens with zero attached hydrogens (tertiary/aromatic N) is 6. The van der Waals surface area contributed by atoms with Gasteiger partial charge in [-0.25, -0.2) is 0 Å². The largest absolute Gasteiger partial charge is 0.369 e. The second-order valence-electron chi connectivity index (χ2n) is 6.50. The lowest BCUT2D eigenvalue weighted by atomic mass is 10.1.